The van der Waals surface area contributed by atoms with Crippen molar-refractivity contribution in [1.29, 1.82) is 0 Å². The van der Waals surface area contributed by atoms with Gasteiger partial charge in [0, 0.05) is 13.1 Å². The molecular formula is C17H13ClF4N2O2. The zero-order valence-electron chi connectivity index (χ0n) is 13.2. The molecule has 26 heavy (non-hydrogen) atoms. The first-order valence-corrected chi connectivity index (χ1v) is 7.95. The van der Waals surface area contributed by atoms with Crippen LogP contribution in [-0.4, -0.2) is 34.2 Å². The van der Waals surface area contributed by atoms with E-state index in [0.717, 1.165) is 28.2 Å². The van der Waals surface area contributed by atoms with E-state index in [9.17, 15) is 27.6 Å². The van der Waals surface area contributed by atoms with Gasteiger partial charge in [-0.1, -0.05) is 29.8 Å². The summed E-state index contributed by atoms with van der Waals surface area (Å²) in [5.74, 6) is -1.48. The van der Waals surface area contributed by atoms with E-state index in [-0.39, 0.29) is 24.2 Å². The van der Waals surface area contributed by atoms with Gasteiger partial charge in [0.2, 0.25) is 0 Å². The van der Waals surface area contributed by atoms with Gasteiger partial charge in [0.25, 0.3) is 5.91 Å². The van der Waals surface area contributed by atoms with E-state index in [2.05, 4.69) is 0 Å². The monoisotopic (exact) mass is 388 g/mol. The molecule has 1 atom stereocenters. The second-order valence-electron chi connectivity index (χ2n) is 5.75. The lowest BCUT2D eigenvalue weighted by Crippen LogP contribution is -2.35. The van der Waals surface area contributed by atoms with Gasteiger partial charge in [-0.3, -0.25) is 4.79 Å². The smallest absolute Gasteiger partial charge is 0.315 e. The van der Waals surface area contributed by atoms with Crippen LogP contribution in [0.5, 0.6) is 0 Å². The Morgan fingerprint density at radius 2 is 1.85 bits per heavy atom. The Labute approximate surface area is 151 Å². The molecule has 2 aromatic rings. The van der Waals surface area contributed by atoms with Crippen LogP contribution in [0, 0.1) is 5.82 Å². The standard InChI is InChI=1S/C17H13ClF4N2O2/c18-13-6-5-10(9-12(13)17(20,21)22)15-23(7-8-24(15)26)16(25)11-3-1-2-4-14(11)19/h1-6,9,15,26H,7-8H2. The van der Waals surface area contributed by atoms with Crippen LogP contribution in [-0.2, 0) is 6.18 Å². The van der Waals surface area contributed by atoms with Crippen LogP contribution in [0.2, 0.25) is 5.02 Å². The first-order chi connectivity index (χ1) is 12.2. The van der Waals surface area contributed by atoms with E-state index < -0.39 is 34.7 Å². The van der Waals surface area contributed by atoms with Gasteiger partial charge in [0.05, 0.1) is 16.1 Å². The second-order valence-corrected chi connectivity index (χ2v) is 6.16. The number of nitrogens with zero attached hydrogens (tertiary/aromatic N) is 2. The van der Waals surface area contributed by atoms with Crippen molar-refractivity contribution in [3.8, 4) is 0 Å². The molecule has 1 heterocycles. The highest BCUT2D eigenvalue weighted by Gasteiger charge is 2.39. The first kappa shape index (κ1) is 18.6. The molecule has 0 bridgehead atoms. The highest BCUT2D eigenvalue weighted by molar-refractivity contribution is 6.31. The largest absolute Gasteiger partial charge is 0.417 e. The summed E-state index contributed by atoms with van der Waals surface area (Å²) < 4.78 is 53.2. The average Bonchev–Trinajstić information content (AvgIpc) is 2.96. The van der Waals surface area contributed by atoms with Crippen molar-refractivity contribution >= 4 is 17.5 Å². The molecule has 1 fully saturated rings. The summed E-state index contributed by atoms with van der Waals surface area (Å²) in [5.41, 5.74) is -1.28. The van der Waals surface area contributed by atoms with Gasteiger partial charge >= 0.3 is 6.18 Å². The lowest BCUT2D eigenvalue weighted by molar-refractivity contribution is -0.138. The van der Waals surface area contributed by atoms with Crippen molar-refractivity contribution in [3.63, 3.8) is 0 Å². The molecule has 138 valence electrons. The molecule has 3 rings (SSSR count). The van der Waals surface area contributed by atoms with Crippen LogP contribution < -0.4 is 0 Å². The highest BCUT2D eigenvalue weighted by atomic mass is 35.5. The number of hydrogen-bond acceptors (Lipinski definition) is 3. The number of benzene rings is 2. The molecule has 2 aromatic carbocycles. The summed E-state index contributed by atoms with van der Waals surface area (Å²) >= 11 is 5.61. The number of hydroxylamine groups is 2. The maximum Gasteiger partial charge on any atom is 0.417 e. The Balaban J connectivity index is 2.00. The van der Waals surface area contributed by atoms with E-state index in [4.69, 9.17) is 11.6 Å². The molecule has 0 aromatic heterocycles. The number of alkyl halides is 3. The molecular weight excluding hydrogens is 376 g/mol. The van der Waals surface area contributed by atoms with Crippen LogP contribution >= 0.6 is 11.6 Å². The first-order valence-electron chi connectivity index (χ1n) is 7.58. The predicted molar refractivity (Wildman–Crippen MR) is 85.1 cm³/mol. The van der Waals surface area contributed by atoms with Crippen molar-refractivity contribution in [2.24, 2.45) is 0 Å². The normalized spacial score (nSPS) is 18.4. The molecule has 1 aliphatic heterocycles. The topological polar surface area (TPSA) is 43.8 Å². The second kappa shape index (κ2) is 6.86. The fourth-order valence-electron chi connectivity index (χ4n) is 2.89. The SMILES string of the molecule is O=C(c1ccccc1F)N1CCN(O)C1c1ccc(Cl)c(C(F)(F)F)c1. The van der Waals surface area contributed by atoms with Gasteiger partial charge < -0.3 is 10.1 Å². The number of halogens is 5. The van der Waals surface area contributed by atoms with E-state index in [0.29, 0.717) is 0 Å². The summed E-state index contributed by atoms with van der Waals surface area (Å²) in [4.78, 5) is 13.8. The van der Waals surface area contributed by atoms with Crippen LogP contribution in [0.15, 0.2) is 42.5 Å². The molecule has 4 nitrogen and oxygen atoms in total. The summed E-state index contributed by atoms with van der Waals surface area (Å²) in [7, 11) is 0. The van der Waals surface area contributed by atoms with Gasteiger partial charge in [-0.2, -0.15) is 18.2 Å². The summed E-state index contributed by atoms with van der Waals surface area (Å²) in [6, 6.07) is 8.40. The minimum absolute atomic E-state index is 0.00877. The Morgan fingerprint density at radius 1 is 1.15 bits per heavy atom. The Bertz CT molecular complexity index is 844. The van der Waals surface area contributed by atoms with Gasteiger partial charge in [0.15, 0.2) is 0 Å². The van der Waals surface area contributed by atoms with Gasteiger partial charge in [0.1, 0.15) is 12.0 Å². The molecule has 1 amide bonds. The number of hydrogen-bond donors (Lipinski definition) is 1. The molecule has 0 saturated carbocycles. The van der Waals surface area contributed by atoms with Gasteiger partial charge in [-0.05, 0) is 29.8 Å². The predicted octanol–water partition coefficient (Wildman–Crippen LogP) is 4.34. The van der Waals surface area contributed by atoms with E-state index in [1.165, 1.54) is 24.3 Å². The maximum atomic E-state index is 13.9. The highest BCUT2D eigenvalue weighted by Crippen LogP contribution is 2.38. The minimum atomic E-state index is -4.69. The average molecular weight is 389 g/mol. The number of carbonyl (C=O) groups is 1. The van der Waals surface area contributed by atoms with Gasteiger partial charge in [-0.15, -0.1) is 0 Å². The Morgan fingerprint density at radius 3 is 2.50 bits per heavy atom. The van der Waals surface area contributed by atoms with Crippen LogP contribution in [0.25, 0.3) is 0 Å². The molecule has 1 aliphatic rings. The Kier molecular flexibility index (Phi) is 4.92. The third kappa shape index (κ3) is 3.40. The van der Waals surface area contributed by atoms with Gasteiger partial charge in [-0.25, -0.2) is 4.39 Å². The molecule has 1 N–H and O–H groups in total. The van der Waals surface area contributed by atoms with Crippen molar-refractivity contribution < 1.29 is 27.6 Å². The minimum Gasteiger partial charge on any atom is -0.315 e. The molecule has 9 heteroatoms. The number of rotatable bonds is 2. The van der Waals surface area contributed by atoms with E-state index in [1.54, 1.807) is 0 Å². The summed E-state index contributed by atoms with van der Waals surface area (Å²) in [6.45, 7) is 0.0349. The molecule has 1 unspecified atom stereocenters. The zero-order valence-corrected chi connectivity index (χ0v) is 13.9. The number of amides is 1. The molecule has 0 spiro atoms. The van der Waals surface area contributed by atoms with E-state index >= 15 is 0 Å². The summed E-state index contributed by atoms with van der Waals surface area (Å²) in [5, 5.41) is 10.3. The fourth-order valence-corrected chi connectivity index (χ4v) is 3.12. The number of carbonyl (C=O) groups excluding carboxylic acids is 1. The van der Waals surface area contributed by atoms with Crippen molar-refractivity contribution in [2.45, 2.75) is 12.3 Å². The van der Waals surface area contributed by atoms with E-state index in [1.807, 2.05) is 0 Å². The molecule has 0 aliphatic carbocycles. The van der Waals surface area contributed by atoms with Crippen molar-refractivity contribution in [1.82, 2.24) is 9.96 Å². The van der Waals surface area contributed by atoms with Crippen molar-refractivity contribution in [2.75, 3.05) is 13.1 Å². The maximum absolute atomic E-state index is 13.9. The fraction of sp³-hybridized carbons (Fsp3) is 0.235. The quantitative estimate of drug-likeness (QED) is 0.778. The van der Waals surface area contributed by atoms with Crippen LogP contribution in [0.4, 0.5) is 17.6 Å². The lowest BCUT2D eigenvalue weighted by Gasteiger charge is -2.28. The molecule has 0 radical (unpaired) electrons. The lowest BCUT2D eigenvalue weighted by atomic mass is 10.1. The third-order valence-corrected chi connectivity index (χ3v) is 4.44. The third-order valence-electron chi connectivity index (χ3n) is 4.11. The molecule has 1 saturated heterocycles. The van der Waals surface area contributed by atoms with Crippen LogP contribution in [0.3, 0.4) is 0 Å². The summed E-state index contributed by atoms with van der Waals surface area (Å²) in [6.07, 6.45) is -5.87. The van der Waals surface area contributed by atoms with Crippen LogP contribution in [0.1, 0.15) is 27.7 Å². The zero-order chi connectivity index (χ0) is 19.1. The van der Waals surface area contributed by atoms with Crippen molar-refractivity contribution in [3.05, 3.63) is 70.0 Å². The Hall–Kier alpha value is -2.16.